The van der Waals surface area contributed by atoms with Gasteiger partial charge in [-0.05, 0) is 6.07 Å². The highest BCUT2D eigenvalue weighted by Gasteiger charge is 2.25. The molecule has 0 saturated heterocycles. The normalized spacial score (nSPS) is 10.8. The lowest BCUT2D eigenvalue weighted by Crippen LogP contribution is -2.05. The standard InChI is InChI=1S/C18H16O9/c1-24-11-4-7(8(19)5-9(11)20)16-15(23)14(22)13-10(21)6-12(25-2)17(26-3)18(13)27-16/h4-6,19-21,23H,1-3H3. The minimum atomic E-state index is -0.948. The van der Waals surface area contributed by atoms with Gasteiger partial charge in [0.25, 0.3) is 0 Å². The smallest absolute Gasteiger partial charge is 0.238 e. The summed E-state index contributed by atoms with van der Waals surface area (Å²) in [5.41, 5.74) is -1.26. The second-order valence-corrected chi connectivity index (χ2v) is 5.49. The molecule has 1 heterocycles. The fourth-order valence-electron chi connectivity index (χ4n) is 2.72. The van der Waals surface area contributed by atoms with Gasteiger partial charge < -0.3 is 39.1 Å². The van der Waals surface area contributed by atoms with Gasteiger partial charge in [-0.25, -0.2) is 0 Å². The number of rotatable bonds is 4. The van der Waals surface area contributed by atoms with Crippen LogP contribution in [0.2, 0.25) is 0 Å². The zero-order chi connectivity index (χ0) is 19.9. The number of hydrogen-bond donors (Lipinski definition) is 4. The summed E-state index contributed by atoms with van der Waals surface area (Å²) in [4.78, 5) is 12.6. The van der Waals surface area contributed by atoms with Gasteiger partial charge in [0.15, 0.2) is 28.6 Å². The van der Waals surface area contributed by atoms with Gasteiger partial charge in [-0.3, -0.25) is 4.79 Å². The molecule has 2 aromatic carbocycles. The first-order valence-electron chi connectivity index (χ1n) is 7.58. The van der Waals surface area contributed by atoms with Crippen LogP contribution in [0, 0.1) is 0 Å². The lowest BCUT2D eigenvalue weighted by atomic mass is 10.1. The number of methoxy groups -OCH3 is 3. The molecule has 0 radical (unpaired) electrons. The second-order valence-electron chi connectivity index (χ2n) is 5.49. The van der Waals surface area contributed by atoms with Crippen LogP contribution in [0.5, 0.6) is 40.2 Å². The fraction of sp³-hybridized carbons (Fsp3) is 0.167. The van der Waals surface area contributed by atoms with Crippen LogP contribution >= 0.6 is 0 Å². The number of aromatic hydroxyl groups is 4. The molecule has 0 fully saturated rings. The van der Waals surface area contributed by atoms with Crippen molar-refractivity contribution in [2.45, 2.75) is 0 Å². The molecule has 4 N–H and O–H groups in total. The van der Waals surface area contributed by atoms with Crippen LogP contribution in [0.25, 0.3) is 22.3 Å². The predicted octanol–water partition coefficient (Wildman–Crippen LogP) is 2.31. The van der Waals surface area contributed by atoms with Crippen molar-refractivity contribution < 1.29 is 39.1 Å². The third kappa shape index (κ3) is 2.69. The van der Waals surface area contributed by atoms with Gasteiger partial charge in [-0.2, -0.15) is 0 Å². The molecule has 0 unspecified atom stereocenters. The van der Waals surface area contributed by atoms with Crippen LogP contribution in [-0.4, -0.2) is 41.8 Å². The average Bonchev–Trinajstić information content (AvgIpc) is 2.64. The lowest BCUT2D eigenvalue weighted by molar-refractivity contribution is 0.349. The van der Waals surface area contributed by atoms with Crippen molar-refractivity contribution in [1.82, 2.24) is 0 Å². The number of ether oxygens (including phenoxy) is 3. The lowest BCUT2D eigenvalue weighted by Gasteiger charge is -2.14. The first-order chi connectivity index (χ1) is 12.8. The molecule has 3 aromatic rings. The fourth-order valence-corrected chi connectivity index (χ4v) is 2.72. The molecule has 0 saturated carbocycles. The molecule has 0 amide bonds. The summed E-state index contributed by atoms with van der Waals surface area (Å²) in [6.07, 6.45) is 0. The molecule has 0 aliphatic heterocycles. The van der Waals surface area contributed by atoms with E-state index in [0.717, 1.165) is 12.1 Å². The van der Waals surface area contributed by atoms with Crippen molar-refractivity contribution in [1.29, 1.82) is 0 Å². The molecule has 9 nitrogen and oxygen atoms in total. The Morgan fingerprint density at radius 1 is 0.815 bits per heavy atom. The zero-order valence-corrected chi connectivity index (χ0v) is 14.6. The van der Waals surface area contributed by atoms with E-state index in [0.29, 0.717) is 0 Å². The maximum absolute atomic E-state index is 12.6. The third-order valence-corrected chi connectivity index (χ3v) is 4.01. The van der Waals surface area contributed by atoms with Gasteiger partial charge in [-0.15, -0.1) is 0 Å². The molecule has 0 aliphatic rings. The number of hydrogen-bond acceptors (Lipinski definition) is 9. The Bertz CT molecular complexity index is 1100. The van der Waals surface area contributed by atoms with E-state index in [4.69, 9.17) is 18.6 Å². The van der Waals surface area contributed by atoms with Gasteiger partial charge >= 0.3 is 0 Å². The van der Waals surface area contributed by atoms with Crippen LogP contribution in [-0.2, 0) is 0 Å². The first kappa shape index (κ1) is 18.1. The topological polar surface area (TPSA) is 139 Å². The number of fused-ring (bicyclic) bond motifs is 1. The summed E-state index contributed by atoms with van der Waals surface area (Å²) < 4.78 is 20.9. The van der Waals surface area contributed by atoms with E-state index in [1.54, 1.807) is 0 Å². The predicted molar refractivity (Wildman–Crippen MR) is 94.2 cm³/mol. The van der Waals surface area contributed by atoms with Crippen molar-refractivity contribution in [3.63, 3.8) is 0 Å². The quantitative estimate of drug-likeness (QED) is 0.540. The molecule has 1 aromatic heterocycles. The van der Waals surface area contributed by atoms with E-state index in [9.17, 15) is 25.2 Å². The van der Waals surface area contributed by atoms with E-state index in [1.165, 1.54) is 27.4 Å². The van der Waals surface area contributed by atoms with Crippen molar-refractivity contribution in [2.24, 2.45) is 0 Å². The van der Waals surface area contributed by atoms with E-state index >= 15 is 0 Å². The molecule has 0 aliphatic carbocycles. The van der Waals surface area contributed by atoms with Gasteiger partial charge in [0.1, 0.15) is 16.9 Å². The number of benzene rings is 2. The number of phenols is 3. The Hall–Kier alpha value is -3.75. The summed E-state index contributed by atoms with van der Waals surface area (Å²) in [5.74, 6) is -2.49. The molecule has 0 atom stereocenters. The van der Waals surface area contributed by atoms with E-state index in [2.05, 4.69) is 0 Å². The molecule has 0 spiro atoms. The van der Waals surface area contributed by atoms with Crippen LogP contribution in [0.4, 0.5) is 0 Å². The van der Waals surface area contributed by atoms with Crippen molar-refractivity contribution in [3.8, 4) is 51.6 Å². The first-order valence-corrected chi connectivity index (χ1v) is 7.58. The minimum absolute atomic E-state index is 0.00823. The Balaban J connectivity index is 2.46. The molecular formula is C18H16O9. The third-order valence-electron chi connectivity index (χ3n) is 4.01. The Morgan fingerprint density at radius 2 is 1.48 bits per heavy atom. The summed E-state index contributed by atoms with van der Waals surface area (Å²) in [6, 6.07) is 3.30. The van der Waals surface area contributed by atoms with Crippen LogP contribution in [0.3, 0.4) is 0 Å². The van der Waals surface area contributed by atoms with Crippen molar-refractivity contribution in [3.05, 3.63) is 28.4 Å². The maximum Gasteiger partial charge on any atom is 0.238 e. The molecule has 0 bridgehead atoms. The van der Waals surface area contributed by atoms with E-state index in [1.807, 2.05) is 0 Å². The van der Waals surface area contributed by atoms with Gasteiger partial charge in [-0.1, -0.05) is 0 Å². The summed E-state index contributed by atoms with van der Waals surface area (Å²) in [6.45, 7) is 0. The van der Waals surface area contributed by atoms with Crippen LogP contribution < -0.4 is 19.6 Å². The highest BCUT2D eigenvalue weighted by atomic mass is 16.5. The van der Waals surface area contributed by atoms with Crippen LogP contribution in [0.1, 0.15) is 0 Å². The Morgan fingerprint density at radius 3 is 2.07 bits per heavy atom. The van der Waals surface area contributed by atoms with Gasteiger partial charge in [0.05, 0.1) is 26.9 Å². The largest absolute Gasteiger partial charge is 0.507 e. The van der Waals surface area contributed by atoms with Gasteiger partial charge in [0, 0.05) is 12.1 Å². The summed E-state index contributed by atoms with van der Waals surface area (Å²) in [5, 5.41) is 40.0. The second kappa shape index (κ2) is 6.52. The molecule has 27 heavy (non-hydrogen) atoms. The minimum Gasteiger partial charge on any atom is -0.507 e. The van der Waals surface area contributed by atoms with Crippen molar-refractivity contribution >= 4 is 11.0 Å². The summed E-state index contributed by atoms with van der Waals surface area (Å²) in [7, 11) is 3.93. The summed E-state index contributed by atoms with van der Waals surface area (Å²) >= 11 is 0. The van der Waals surface area contributed by atoms with Crippen molar-refractivity contribution in [2.75, 3.05) is 21.3 Å². The van der Waals surface area contributed by atoms with E-state index < -0.39 is 28.4 Å². The van der Waals surface area contributed by atoms with E-state index in [-0.39, 0.29) is 39.5 Å². The number of phenolic OH excluding ortho intramolecular Hbond substituents is 3. The highest BCUT2D eigenvalue weighted by molar-refractivity contribution is 5.93. The Kier molecular flexibility index (Phi) is 4.36. The maximum atomic E-state index is 12.6. The Labute approximate surface area is 152 Å². The van der Waals surface area contributed by atoms with Gasteiger partial charge in [0.2, 0.25) is 16.9 Å². The monoisotopic (exact) mass is 376 g/mol. The molecule has 3 rings (SSSR count). The zero-order valence-electron chi connectivity index (χ0n) is 14.6. The van der Waals surface area contributed by atoms with Crippen LogP contribution in [0.15, 0.2) is 27.4 Å². The SMILES string of the molecule is COc1cc(-c2oc3c(OC)c(OC)cc(O)c3c(=O)c2O)c(O)cc1O. The highest BCUT2D eigenvalue weighted by Crippen LogP contribution is 2.46. The molecular weight excluding hydrogens is 360 g/mol. The molecule has 9 heteroatoms. The molecule has 142 valence electrons. The average molecular weight is 376 g/mol.